The van der Waals surface area contributed by atoms with Gasteiger partial charge >= 0.3 is 0 Å². The molecule has 30 heavy (non-hydrogen) atoms. The van der Waals surface area contributed by atoms with Gasteiger partial charge in [-0.05, 0) is 30.5 Å². The minimum atomic E-state index is -0.0737. The normalized spacial score (nSPS) is 15.4. The summed E-state index contributed by atoms with van der Waals surface area (Å²) in [7, 11) is 0. The van der Waals surface area contributed by atoms with Crippen LogP contribution >= 0.6 is 23.1 Å². The first kappa shape index (κ1) is 19.3. The monoisotopic (exact) mass is 440 g/mol. The van der Waals surface area contributed by atoms with Crippen LogP contribution in [0.2, 0.25) is 0 Å². The van der Waals surface area contributed by atoms with E-state index in [1.807, 2.05) is 42.6 Å². The first-order valence-corrected chi connectivity index (χ1v) is 11.4. The topological polar surface area (TPSA) is 82.1 Å². The Kier molecular flexibility index (Phi) is 5.52. The molecule has 0 saturated carbocycles. The van der Waals surface area contributed by atoms with Crippen LogP contribution < -0.4 is 4.90 Å². The van der Waals surface area contributed by atoms with Crippen molar-refractivity contribution in [1.82, 2.24) is 25.0 Å². The fourth-order valence-electron chi connectivity index (χ4n) is 3.22. The Morgan fingerprint density at radius 3 is 2.60 bits per heavy atom. The van der Waals surface area contributed by atoms with Crippen molar-refractivity contribution in [1.29, 1.82) is 0 Å². The summed E-state index contributed by atoms with van der Waals surface area (Å²) in [6.07, 6.45) is 0. The maximum Gasteiger partial charge on any atom is 0.257 e. The standard InChI is InChI=1S/C20H20N6O2S2/c1-14(17-21-22-18(28-17)16-8-5-13-29-16)30-20-24-23-19(25-9-11-27-12-10-25)26(20)15-6-3-2-4-7-15/h2-8,13-14H,9-12H2,1H3. The van der Waals surface area contributed by atoms with Gasteiger partial charge in [-0.2, -0.15) is 0 Å². The van der Waals surface area contributed by atoms with Gasteiger partial charge in [-0.1, -0.05) is 36.0 Å². The van der Waals surface area contributed by atoms with Crippen molar-refractivity contribution < 1.29 is 9.15 Å². The highest BCUT2D eigenvalue weighted by Crippen LogP contribution is 2.37. The Morgan fingerprint density at radius 1 is 1.00 bits per heavy atom. The van der Waals surface area contributed by atoms with E-state index in [4.69, 9.17) is 9.15 Å². The Labute approximate surface area is 181 Å². The van der Waals surface area contributed by atoms with E-state index in [-0.39, 0.29) is 5.25 Å². The molecule has 4 heterocycles. The summed E-state index contributed by atoms with van der Waals surface area (Å²) in [5.74, 6) is 1.94. The van der Waals surface area contributed by atoms with Crippen LogP contribution in [-0.4, -0.2) is 51.3 Å². The number of benzene rings is 1. The molecule has 1 atom stereocenters. The molecule has 1 aliphatic rings. The van der Waals surface area contributed by atoms with Crippen LogP contribution in [0.3, 0.4) is 0 Å². The van der Waals surface area contributed by atoms with Gasteiger partial charge in [0.2, 0.25) is 11.8 Å². The number of anilines is 1. The first-order chi connectivity index (χ1) is 14.8. The summed E-state index contributed by atoms with van der Waals surface area (Å²) in [5, 5.41) is 20.2. The third kappa shape index (κ3) is 3.85. The maximum atomic E-state index is 5.91. The van der Waals surface area contributed by atoms with Crippen molar-refractivity contribution in [2.24, 2.45) is 0 Å². The largest absolute Gasteiger partial charge is 0.419 e. The smallest absolute Gasteiger partial charge is 0.257 e. The molecule has 1 aliphatic heterocycles. The average molecular weight is 441 g/mol. The quantitative estimate of drug-likeness (QED) is 0.415. The van der Waals surface area contributed by atoms with E-state index in [0.29, 0.717) is 25.0 Å². The van der Waals surface area contributed by atoms with Gasteiger partial charge in [0.1, 0.15) is 0 Å². The fraction of sp³-hybridized carbons (Fsp3) is 0.300. The molecule has 1 unspecified atom stereocenters. The molecule has 3 aromatic heterocycles. The lowest BCUT2D eigenvalue weighted by Crippen LogP contribution is -2.37. The zero-order valence-corrected chi connectivity index (χ0v) is 18.0. The SMILES string of the molecule is CC(Sc1nnc(N2CCOCC2)n1-c1ccccc1)c1nnc(-c2cccs2)o1. The van der Waals surface area contributed by atoms with Crippen LogP contribution in [-0.2, 0) is 4.74 Å². The molecule has 0 N–H and O–H groups in total. The summed E-state index contributed by atoms with van der Waals surface area (Å²) >= 11 is 3.13. The van der Waals surface area contributed by atoms with Gasteiger partial charge in [0.05, 0.1) is 29.0 Å². The fourth-order valence-corrected chi connectivity index (χ4v) is 4.75. The zero-order valence-electron chi connectivity index (χ0n) is 16.3. The summed E-state index contributed by atoms with van der Waals surface area (Å²) < 4.78 is 13.5. The van der Waals surface area contributed by atoms with Crippen molar-refractivity contribution in [3.63, 3.8) is 0 Å². The van der Waals surface area contributed by atoms with E-state index < -0.39 is 0 Å². The van der Waals surface area contributed by atoms with Crippen molar-refractivity contribution >= 4 is 29.0 Å². The predicted molar refractivity (Wildman–Crippen MR) is 116 cm³/mol. The Balaban J connectivity index is 1.44. The number of thiophene rings is 1. The minimum absolute atomic E-state index is 0.0737. The summed E-state index contributed by atoms with van der Waals surface area (Å²) in [6.45, 7) is 4.99. The van der Waals surface area contributed by atoms with Crippen LogP contribution in [0.4, 0.5) is 5.95 Å². The van der Waals surface area contributed by atoms with E-state index in [2.05, 4.69) is 42.0 Å². The molecule has 1 aromatic carbocycles. The van der Waals surface area contributed by atoms with Crippen molar-refractivity contribution in [2.75, 3.05) is 31.2 Å². The molecule has 4 aromatic rings. The molecule has 5 rings (SSSR count). The number of thioether (sulfide) groups is 1. The molecule has 0 radical (unpaired) electrons. The highest BCUT2D eigenvalue weighted by Gasteiger charge is 2.25. The first-order valence-electron chi connectivity index (χ1n) is 9.67. The lowest BCUT2D eigenvalue weighted by atomic mass is 10.3. The number of hydrogen-bond donors (Lipinski definition) is 0. The molecular weight excluding hydrogens is 420 g/mol. The van der Waals surface area contributed by atoms with Crippen LogP contribution in [0.1, 0.15) is 18.1 Å². The predicted octanol–water partition coefficient (Wildman–Crippen LogP) is 4.07. The van der Waals surface area contributed by atoms with Crippen molar-refractivity contribution in [3.8, 4) is 16.5 Å². The lowest BCUT2D eigenvalue weighted by molar-refractivity contribution is 0.122. The molecule has 1 fully saturated rings. The van der Waals surface area contributed by atoms with Gasteiger partial charge in [0.15, 0.2) is 5.16 Å². The molecule has 154 valence electrons. The molecule has 0 amide bonds. The molecule has 10 heteroatoms. The highest BCUT2D eigenvalue weighted by atomic mass is 32.2. The van der Waals surface area contributed by atoms with Crippen molar-refractivity contribution in [2.45, 2.75) is 17.3 Å². The van der Waals surface area contributed by atoms with Crippen LogP contribution in [0.25, 0.3) is 16.5 Å². The van der Waals surface area contributed by atoms with E-state index in [0.717, 1.165) is 34.8 Å². The van der Waals surface area contributed by atoms with Crippen LogP contribution in [0, 0.1) is 0 Å². The van der Waals surface area contributed by atoms with E-state index in [1.165, 1.54) is 0 Å². The Hall–Kier alpha value is -2.69. The van der Waals surface area contributed by atoms with E-state index in [1.54, 1.807) is 23.1 Å². The highest BCUT2D eigenvalue weighted by molar-refractivity contribution is 7.99. The Morgan fingerprint density at radius 2 is 1.83 bits per heavy atom. The number of rotatable bonds is 6. The maximum absolute atomic E-state index is 5.91. The van der Waals surface area contributed by atoms with Gasteiger partial charge in [0, 0.05) is 13.1 Å². The van der Waals surface area contributed by atoms with E-state index in [9.17, 15) is 0 Å². The summed E-state index contributed by atoms with van der Waals surface area (Å²) in [5.41, 5.74) is 1.02. The number of ether oxygens (including phenoxy) is 1. The number of aromatic nitrogens is 5. The minimum Gasteiger partial charge on any atom is -0.419 e. The summed E-state index contributed by atoms with van der Waals surface area (Å²) in [4.78, 5) is 3.17. The molecule has 0 aliphatic carbocycles. The molecule has 0 bridgehead atoms. The van der Waals surface area contributed by atoms with E-state index >= 15 is 0 Å². The van der Waals surface area contributed by atoms with Gasteiger partial charge in [0.25, 0.3) is 5.89 Å². The van der Waals surface area contributed by atoms with Gasteiger partial charge in [-0.15, -0.1) is 31.7 Å². The second-order valence-corrected chi connectivity index (χ2v) is 8.99. The molecule has 1 saturated heterocycles. The Bertz CT molecular complexity index is 1090. The third-order valence-electron chi connectivity index (χ3n) is 4.73. The summed E-state index contributed by atoms with van der Waals surface area (Å²) in [6, 6.07) is 14.1. The van der Waals surface area contributed by atoms with Gasteiger partial charge in [-0.25, -0.2) is 0 Å². The lowest BCUT2D eigenvalue weighted by Gasteiger charge is -2.28. The zero-order chi connectivity index (χ0) is 20.3. The number of hydrogen-bond acceptors (Lipinski definition) is 9. The van der Waals surface area contributed by atoms with Crippen molar-refractivity contribution in [3.05, 3.63) is 53.7 Å². The molecule has 8 nitrogen and oxygen atoms in total. The second kappa shape index (κ2) is 8.58. The van der Waals surface area contributed by atoms with Crippen LogP contribution in [0.15, 0.2) is 57.4 Å². The van der Waals surface area contributed by atoms with Gasteiger partial charge in [-0.3, -0.25) is 4.57 Å². The van der Waals surface area contributed by atoms with Gasteiger partial charge < -0.3 is 14.1 Å². The van der Waals surface area contributed by atoms with Crippen LogP contribution in [0.5, 0.6) is 0 Å². The second-order valence-electron chi connectivity index (χ2n) is 6.74. The average Bonchev–Trinajstić information content (AvgIpc) is 3.55. The molecular formula is C20H20N6O2S2. The number of nitrogens with zero attached hydrogens (tertiary/aromatic N) is 6. The molecule has 0 spiro atoms. The number of para-hydroxylation sites is 1. The third-order valence-corrected chi connectivity index (χ3v) is 6.62. The number of morpholine rings is 1.